The molecule has 15 heavy (non-hydrogen) atoms. The molecule has 0 aromatic carbocycles. The third-order valence-corrected chi connectivity index (χ3v) is 3.39. The van der Waals surface area contributed by atoms with Gasteiger partial charge in [0.15, 0.2) is 0 Å². The minimum atomic E-state index is -0.936. The van der Waals surface area contributed by atoms with Gasteiger partial charge in [0, 0.05) is 19.6 Å². The molecule has 1 rings (SSSR count). The number of nitrogens with zero attached hydrogens (tertiary/aromatic N) is 2. The van der Waals surface area contributed by atoms with Gasteiger partial charge in [-0.05, 0) is 39.4 Å². The Balaban J connectivity index is 2.33. The van der Waals surface area contributed by atoms with Crippen molar-refractivity contribution in [3.05, 3.63) is 0 Å². The van der Waals surface area contributed by atoms with E-state index in [9.17, 15) is 4.39 Å². The topological polar surface area (TPSA) is 6.48 Å². The van der Waals surface area contributed by atoms with Crippen LogP contribution in [0.4, 0.5) is 4.39 Å². The zero-order valence-corrected chi connectivity index (χ0v) is 10.4. The maximum Gasteiger partial charge on any atom is 0.126 e. The lowest BCUT2D eigenvalue weighted by molar-refractivity contribution is 0.0322. The summed E-state index contributed by atoms with van der Waals surface area (Å²) in [6.45, 7) is 8.79. The van der Waals surface area contributed by atoms with Gasteiger partial charge in [-0.3, -0.25) is 0 Å². The average Bonchev–Trinajstić information content (AvgIpc) is 2.22. The molecule has 0 radical (unpaired) electrons. The Kier molecular flexibility index (Phi) is 5.00. The highest BCUT2D eigenvalue weighted by Crippen LogP contribution is 2.27. The predicted molar refractivity (Wildman–Crippen MR) is 63.0 cm³/mol. The Hall–Kier alpha value is -0.150. The summed E-state index contributed by atoms with van der Waals surface area (Å²) in [6.07, 6.45) is 2.59. The van der Waals surface area contributed by atoms with E-state index in [1.165, 1.54) is 6.42 Å². The van der Waals surface area contributed by atoms with Gasteiger partial charge in [-0.15, -0.1) is 0 Å². The Bertz CT molecular complexity index is 176. The van der Waals surface area contributed by atoms with E-state index >= 15 is 0 Å². The zero-order chi connectivity index (χ0) is 11.3. The molecule has 0 aliphatic carbocycles. The predicted octanol–water partition coefficient (Wildman–Crippen LogP) is 2.15. The van der Waals surface area contributed by atoms with Gasteiger partial charge in [-0.25, -0.2) is 4.39 Å². The number of alkyl halides is 1. The first-order valence-electron chi connectivity index (χ1n) is 6.19. The number of piperidine rings is 1. The monoisotopic (exact) mass is 216 g/mol. The second-order valence-electron chi connectivity index (χ2n) is 4.82. The highest BCUT2D eigenvalue weighted by Gasteiger charge is 2.34. The molecule has 0 saturated carbocycles. The van der Waals surface area contributed by atoms with Crippen LogP contribution >= 0.6 is 0 Å². The van der Waals surface area contributed by atoms with Crippen molar-refractivity contribution in [3.63, 3.8) is 0 Å². The maximum atomic E-state index is 14.4. The second-order valence-corrected chi connectivity index (χ2v) is 4.82. The van der Waals surface area contributed by atoms with E-state index in [-0.39, 0.29) is 0 Å². The van der Waals surface area contributed by atoms with E-state index in [1.54, 1.807) is 0 Å². The molecule has 0 amide bonds. The van der Waals surface area contributed by atoms with Gasteiger partial charge in [-0.2, -0.15) is 0 Å². The van der Waals surface area contributed by atoms with Gasteiger partial charge >= 0.3 is 0 Å². The van der Waals surface area contributed by atoms with Crippen LogP contribution in [-0.2, 0) is 0 Å². The van der Waals surface area contributed by atoms with Crippen molar-refractivity contribution in [2.45, 2.75) is 38.8 Å². The van der Waals surface area contributed by atoms with Crippen molar-refractivity contribution in [2.24, 2.45) is 0 Å². The first-order valence-corrected chi connectivity index (χ1v) is 6.19. The van der Waals surface area contributed by atoms with Crippen molar-refractivity contribution >= 4 is 0 Å². The molecule has 0 aromatic heterocycles. The Morgan fingerprint density at radius 1 is 1.27 bits per heavy atom. The van der Waals surface area contributed by atoms with Gasteiger partial charge in [0.2, 0.25) is 0 Å². The average molecular weight is 216 g/mol. The third-order valence-electron chi connectivity index (χ3n) is 3.39. The standard InChI is InChI=1S/C12H25FN2/c1-4-8-15-9-6-12(13,7-10-15)11-14(3)5-2/h4-11H2,1-3H3. The van der Waals surface area contributed by atoms with Crippen LogP contribution in [0.25, 0.3) is 0 Å². The molecule has 0 spiro atoms. The van der Waals surface area contributed by atoms with Gasteiger partial charge in [0.05, 0.1) is 0 Å². The molecule has 2 nitrogen and oxygen atoms in total. The van der Waals surface area contributed by atoms with Crippen LogP contribution in [0.3, 0.4) is 0 Å². The van der Waals surface area contributed by atoms with Crippen LogP contribution in [0.15, 0.2) is 0 Å². The van der Waals surface area contributed by atoms with Crippen LogP contribution in [-0.4, -0.2) is 55.2 Å². The molecule has 1 aliphatic heterocycles. The van der Waals surface area contributed by atoms with E-state index < -0.39 is 5.67 Å². The molecule has 0 N–H and O–H groups in total. The second kappa shape index (κ2) is 5.80. The molecule has 1 heterocycles. The van der Waals surface area contributed by atoms with Crippen molar-refractivity contribution in [1.29, 1.82) is 0 Å². The van der Waals surface area contributed by atoms with Crippen LogP contribution in [0.2, 0.25) is 0 Å². The van der Waals surface area contributed by atoms with E-state index in [0.29, 0.717) is 19.4 Å². The lowest BCUT2D eigenvalue weighted by Gasteiger charge is -2.38. The van der Waals surface area contributed by atoms with Crippen molar-refractivity contribution in [2.75, 3.05) is 39.8 Å². The van der Waals surface area contributed by atoms with Crippen LogP contribution in [0, 0.1) is 0 Å². The summed E-state index contributed by atoms with van der Waals surface area (Å²) >= 11 is 0. The molecule has 1 aliphatic rings. The molecular weight excluding hydrogens is 191 g/mol. The smallest absolute Gasteiger partial charge is 0.126 e. The van der Waals surface area contributed by atoms with E-state index in [4.69, 9.17) is 0 Å². The van der Waals surface area contributed by atoms with Gasteiger partial charge < -0.3 is 9.80 Å². The van der Waals surface area contributed by atoms with Crippen LogP contribution in [0.1, 0.15) is 33.1 Å². The summed E-state index contributed by atoms with van der Waals surface area (Å²) in [5.74, 6) is 0. The number of likely N-dealkylation sites (tertiary alicyclic amines) is 1. The summed E-state index contributed by atoms with van der Waals surface area (Å²) in [4.78, 5) is 4.46. The van der Waals surface area contributed by atoms with E-state index in [2.05, 4.69) is 23.6 Å². The summed E-state index contributed by atoms with van der Waals surface area (Å²) in [5, 5.41) is 0. The first-order chi connectivity index (χ1) is 7.09. The molecule has 90 valence electrons. The normalized spacial score (nSPS) is 22.2. The maximum absolute atomic E-state index is 14.4. The summed E-state index contributed by atoms with van der Waals surface area (Å²) < 4.78 is 14.4. The number of halogens is 1. The molecule has 3 heteroatoms. The third kappa shape index (κ3) is 4.07. The molecular formula is C12H25FN2. The molecule has 0 bridgehead atoms. The zero-order valence-electron chi connectivity index (χ0n) is 10.4. The fourth-order valence-corrected chi connectivity index (χ4v) is 2.25. The number of hydrogen-bond acceptors (Lipinski definition) is 2. The Labute approximate surface area is 93.4 Å². The van der Waals surface area contributed by atoms with E-state index in [0.717, 1.165) is 26.2 Å². The van der Waals surface area contributed by atoms with Crippen LogP contribution in [0.5, 0.6) is 0 Å². The van der Waals surface area contributed by atoms with Crippen molar-refractivity contribution in [1.82, 2.24) is 9.80 Å². The highest BCUT2D eigenvalue weighted by atomic mass is 19.1. The minimum absolute atomic E-state index is 0.601. The fraction of sp³-hybridized carbons (Fsp3) is 1.00. The van der Waals surface area contributed by atoms with Gasteiger partial charge in [0.25, 0.3) is 0 Å². The minimum Gasteiger partial charge on any atom is -0.303 e. The highest BCUT2D eigenvalue weighted by molar-refractivity contribution is 4.88. The van der Waals surface area contributed by atoms with Crippen LogP contribution < -0.4 is 0 Å². The first kappa shape index (κ1) is 12.9. The largest absolute Gasteiger partial charge is 0.303 e. The SMILES string of the molecule is CCCN1CCC(F)(CN(C)CC)CC1. The van der Waals surface area contributed by atoms with Crippen molar-refractivity contribution < 1.29 is 4.39 Å². The molecule has 0 unspecified atom stereocenters. The van der Waals surface area contributed by atoms with Gasteiger partial charge in [0.1, 0.15) is 5.67 Å². The molecule has 0 atom stereocenters. The van der Waals surface area contributed by atoms with E-state index in [1.807, 2.05) is 7.05 Å². The summed E-state index contributed by atoms with van der Waals surface area (Å²) in [7, 11) is 2.00. The fourth-order valence-electron chi connectivity index (χ4n) is 2.25. The molecule has 0 aromatic rings. The molecule has 1 saturated heterocycles. The lowest BCUT2D eigenvalue weighted by atomic mass is 9.92. The Morgan fingerprint density at radius 2 is 1.87 bits per heavy atom. The number of hydrogen-bond donors (Lipinski definition) is 0. The van der Waals surface area contributed by atoms with Crippen molar-refractivity contribution in [3.8, 4) is 0 Å². The van der Waals surface area contributed by atoms with Gasteiger partial charge in [-0.1, -0.05) is 13.8 Å². The summed E-state index contributed by atoms with van der Waals surface area (Å²) in [6, 6.07) is 0. The quantitative estimate of drug-likeness (QED) is 0.695. The Morgan fingerprint density at radius 3 is 2.33 bits per heavy atom. The molecule has 1 fully saturated rings. The summed E-state index contributed by atoms with van der Waals surface area (Å²) in [5.41, 5.74) is -0.936. The lowest BCUT2D eigenvalue weighted by Crippen LogP contribution is -2.47. The number of rotatable bonds is 5.